The molecule has 6 heteroatoms. The number of hydrogen-bond acceptors (Lipinski definition) is 4. The minimum absolute atomic E-state index is 0.481. The fraction of sp³-hybridized carbons (Fsp3) is 0.733. The Morgan fingerprint density at radius 3 is 2.71 bits per heavy atom. The molecule has 2 fully saturated rings. The van der Waals surface area contributed by atoms with Gasteiger partial charge in [-0.3, -0.25) is 0 Å². The summed E-state index contributed by atoms with van der Waals surface area (Å²) < 4.78 is 27.2. The summed E-state index contributed by atoms with van der Waals surface area (Å²) in [5.74, 6) is 0.584. The van der Waals surface area contributed by atoms with Gasteiger partial charge in [-0.1, -0.05) is 6.92 Å². The zero-order chi connectivity index (χ0) is 14.9. The lowest BCUT2D eigenvalue weighted by molar-refractivity contribution is 0.396. The minimum Gasteiger partial charge on any atom is -0.309 e. The number of rotatable bonds is 9. The van der Waals surface area contributed by atoms with Crippen LogP contribution in [0.1, 0.15) is 43.9 Å². The van der Waals surface area contributed by atoms with Crippen LogP contribution in [0.2, 0.25) is 0 Å². The van der Waals surface area contributed by atoms with Gasteiger partial charge >= 0.3 is 0 Å². The van der Waals surface area contributed by atoms with Crippen LogP contribution in [0.4, 0.5) is 0 Å². The lowest BCUT2D eigenvalue weighted by Gasteiger charge is -2.20. The van der Waals surface area contributed by atoms with Gasteiger partial charge in [0.2, 0.25) is 10.0 Å². The first-order valence-electron chi connectivity index (χ1n) is 7.90. The lowest BCUT2D eigenvalue weighted by Crippen LogP contribution is -2.33. The number of hydrogen-bond donors (Lipinski definition) is 1. The molecule has 3 rings (SSSR count). The average Bonchev–Trinajstić information content (AvgIpc) is 3.37. The van der Waals surface area contributed by atoms with E-state index in [4.69, 9.17) is 0 Å². The largest absolute Gasteiger partial charge is 0.309 e. The lowest BCUT2D eigenvalue weighted by atomic mass is 10.4. The van der Waals surface area contributed by atoms with Gasteiger partial charge in [0.1, 0.15) is 0 Å². The van der Waals surface area contributed by atoms with Crippen molar-refractivity contribution in [3.05, 3.63) is 16.3 Å². The second-order valence-corrected chi connectivity index (χ2v) is 9.14. The van der Waals surface area contributed by atoms with E-state index in [2.05, 4.69) is 5.32 Å². The molecule has 4 nitrogen and oxygen atoms in total. The molecule has 0 aromatic carbocycles. The van der Waals surface area contributed by atoms with Crippen LogP contribution >= 0.6 is 11.3 Å². The second-order valence-electron chi connectivity index (χ2n) is 6.21. The number of thiophene rings is 1. The van der Waals surface area contributed by atoms with Gasteiger partial charge in [-0.25, -0.2) is 8.42 Å². The quantitative estimate of drug-likeness (QED) is 0.758. The van der Waals surface area contributed by atoms with Gasteiger partial charge in [0, 0.05) is 35.9 Å². The molecule has 0 radical (unpaired) electrons. The first-order valence-corrected chi connectivity index (χ1v) is 10.2. The van der Waals surface area contributed by atoms with Crippen LogP contribution in [0.25, 0.3) is 0 Å². The van der Waals surface area contributed by atoms with Crippen molar-refractivity contribution in [1.29, 1.82) is 0 Å². The molecule has 1 heterocycles. The first kappa shape index (κ1) is 15.5. The maximum Gasteiger partial charge on any atom is 0.243 e. The molecule has 2 aliphatic carbocycles. The predicted octanol–water partition coefficient (Wildman–Crippen LogP) is 2.81. The highest BCUT2D eigenvalue weighted by molar-refractivity contribution is 7.89. The molecule has 0 bridgehead atoms. The van der Waals surface area contributed by atoms with Crippen LogP contribution in [0.3, 0.4) is 0 Å². The van der Waals surface area contributed by atoms with E-state index in [1.54, 1.807) is 21.0 Å². The van der Waals surface area contributed by atoms with Crippen molar-refractivity contribution in [2.45, 2.75) is 56.5 Å². The van der Waals surface area contributed by atoms with Crippen LogP contribution < -0.4 is 5.32 Å². The summed E-state index contributed by atoms with van der Waals surface area (Å²) in [6.45, 7) is 4.15. The second kappa shape index (κ2) is 6.36. The molecule has 0 saturated heterocycles. The Balaban J connectivity index is 1.68. The topological polar surface area (TPSA) is 49.4 Å². The molecule has 1 aromatic rings. The van der Waals surface area contributed by atoms with Crippen molar-refractivity contribution in [2.75, 3.05) is 13.1 Å². The molecule has 1 aromatic heterocycles. The van der Waals surface area contributed by atoms with Crippen LogP contribution in [-0.2, 0) is 16.6 Å². The number of nitrogens with zero attached hydrogens (tertiary/aromatic N) is 1. The maximum atomic E-state index is 12.8. The molecule has 0 amide bonds. The Labute approximate surface area is 131 Å². The van der Waals surface area contributed by atoms with Gasteiger partial charge in [-0.2, -0.15) is 4.31 Å². The summed E-state index contributed by atoms with van der Waals surface area (Å²) in [5.41, 5.74) is 0. The molecule has 2 saturated carbocycles. The van der Waals surface area contributed by atoms with E-state index in [1.165, 1.54) is 25.7 Å². The smallest absolute Gasteiger partial charge is 0.243 e. The normalized spacial score (nSPS) is 19.3. The van der Waals surface area contributed by atoms with E-state index in [1.807, 2.05) is 13.0 Å². The third kappa shape index (κ3) is 4.06. The summed E-state index contributed by atoms with van der Waals surface area (Å²) in [6.07, 6.45) is 5.72. The van der Waals surface area contributed by atoms with Gasteiger partial charge in [0.15, 0.2) is 0 Å². The Kier molecular flexibility index (Phi) is 4.69. The molecule has 0 spiro atoms. The maximum absolute atomic E-state index is 12.8. The Morgan fingerprint density at radius 2 is 2.10 bits per heavy atom. The van der Waals surface area contributed by atoms with Crippen LogP contribution in [0, 0.1) is 5.92 Å². The molecular formula is C15H24N2O2S2. The third-order valence-corrected chi connectivity index (χ3v) is 6.97. The average molecular weight is 329 g/mol. The van der Waals surface area contributed by atoms with E-state index >= 15 is 0 Å². The molecule has 21 heavy (non-hydrogen) atoms. The van der Waals surface area contributed by atoms with Crippen LogP contribution in [0.15, 0.2) is 16.3 Å². The van der Waals surface area contributed by atoms with Gasteiger partial charge in [-0.15, -0.1) is 11.3 Å². The van der Waals surface area contributed by atoms with E-state index in [0.717, 1.165) is 17.8 Å². The van der Waals surface area contributed by atoms with Gasteiger partial charge in [0.25, 0.3) is 0 Å². The minimum atomic E-state index is -3.30. The Hall–Kier alpha value is -0.430. The molecule has 0 aliphatic heterocycles. The summed E-state index contributed by atoms with van der Waals surface area (Å²) in [4.78, 5) is 1.59. The zero-order valence-electron chi connectivity index (χ0n) is 12.5. The molecule has 2 aliphatic rings. The van der Waals surface area contributed by atoms with Crippen LogP contribution in [-0.4, -0.2) is 31.9 Å². The highest BCUT2D eigenvalue weighted by Crippen LogP contribution is 2.32. The van der Waals surface area contributed by atoms with Gasteiger partial charge in [0.05, 0.1) is 4.90 Å². The molecule has 0 unspecified atom stereocenters. The van der Waals surface area contributed by atoms with E-state index in [0.29, 0.717) is 29.9 Å². The van der Waals surface area contributed by atoms with Gasteiger partial charge < -0.3 is 5.32 Å². The van der Waals surface area contributed by atoms with E-state index < -0.39 is 10.0 Å². The fourth-order valence-electron chi connectivity index (χ4n) is 2.42. The summed E-state index contributed by atoms with van der Waals surface area (Å²) in [5, 5.41) is 5.24. The first-order chi connectivity index (χ1) is 10.1. The van der Waals surface area contributed by atoms with Crippen molar-refractivity contribution in [2.24, 2.45) is 5.92 Å². The van der Waals surface area contributed by atoms with E-state index in [-0.39, 0.29) is 0 Å². The Morgan fingerprint density at radius 1 is 1.33 bits per heavy atom. The van der Waals surface area contributed by atoms with Crippen LogP contribution in [0.5, 0.6) is 0 Å². The summed E-state index contributed by atoms with van der Waals surface area (Å²) in [7, 11) is -3.30. The zero-order valence-corrected chi connectivity index (χ0v) is 14.2. The summed E-state index contributed by atoms with van der Waals surface area (Å²) in [6, 6.07) is 2.50. The van der Waals surface area contributed by atoms with Crippen molar-refractivity contribution < 1.29 is 8.42 Å². The van der Waals surface area contributed by atoms with Crippen molar-refractivity contribution in [1.82, 2.24) is 9.62 Å². The fourth-order valence-corrected chi connectivity index (χ4v) is 5.24. The molecule has 118 valence electrons. The standard InChI is InChI=1S/C15H24N2O2S2/c1-2-7-17(10-12-3-4-12)21(18,19)15-8-14(20-11-15)9-16-13-5-6-13/h8,11-13,16H,2-7,9-10H2,1H3. The number of sulfonamides is 1. The SMILES string of the molecule is CCCN(CC1CC1)S(=O)(=O)c1csc(CNC2CC2)c1. The third-order valence-electron chi connectivity index (χ3n) is 4.04. The highest BCUT2D eigenvalue weighted by Gasteiger charge is 2.31. The number of nitrogens with one attached hydrogen (secondary N) is 1. The molecule has 1 N–H and O–H groups in total. The molecule has 0 atom stereocenters. The Bertz CT molecular complexity index is 574. The monoisotopic (exact) mass is 328 g/mol. The van der Waals surface area contributed by atoms with Gasteiger partial charge in [-0.05, 0) is 44.1 Å². The van der Waals surface area contributed by atoms with Crippen molar-refractivity contribution in [3.63, 3.8) is 0 Å². The molecular weight excluding hydrogens is 304 g/mol. The predicted molar refractivity (Wildman–Crippen MR) is 86.0 cm³/mol. The van der Waals surface area contributed by atoms with Crippen molar-refractivity contribution in [3.8, 4) is 0 Å². The van der Waals surface area contributed by atoms with E-state index in [9.17, 15) is 8.42 Å². The van der Waals surface area contributed by atoms with Crippen molar-refractivity contribution >= 4 is 21.4 Å². The summed E-state index contributed by atoms with van der Waals surface area (Å²) >= 11 is 1.55. The highest BCUT2D eigenvalue weighted by atomic mass is 32.2.